The van der Waals surface area contributed by atoms with Gasteiger partial charge < -0.3 is 10.2 Å². The summed E-state index contributed by atoms with van der Waals surface area (Å²) in [6.45, 7) is 2.33. The highest BCUT2D eigenvalue weighted by Crippen LogP contribution is 2.30. The molecule has 4 aromatic rings. The normalized spacial score (nSPS) is 10.9. The summed E-state index contributed by atoms with van der Waals surface area (Å²) in [6, 6.07) is 19.5. The van der Waals surface area contributed by atoms with E-state index < -0.39 is 17.2 Å². The van der Waals surface area contributed by atoms with Crippen molar-refractivity contribution < 1.29 is 9.21 Å². The van der Waals surface area contributed by atoms with E-state index in [4.69, 9.17) is 21.8 Å². The van der Waals surface area contributed by atoms with Gasteiger partial charge in [-0.15, -0.1) is 0 Å². The van der Waals surface area contributed by atoms with Gasteiger partial charge in [0.1, 0.15) is 11.6 Å². The van der Waals surface area contributed by atoms with Crippen molar-refractivity contribution in [3.8, 4) is 11.3 Å². The van der Waals surface area contributed by atoms with Crippen molar-refractivity contribution in [1.29, 1.82) is 0 Å². The number of amides is 1. The number of H-pyrrole nitrogens is 1. The lowest BCUT2D eigenvalue weighted by Crippen LogP contribution is -2.41. The predicted molar refractivity (Wildman–Crippen MR) is 137 cm³/mol. The molecule has 9 heteroatoms. The third-order valence-corrected chi connectivity index (χ3v) is 5.93. The lowest BCUT2D eigenvalue weighted by atomic mass is 10.2. The molecule has 0 spiro atoms. The van der Waals surface area contributed by atoms with Crippen LogP contribution < -0.4 is 21.9 Å². The predicted octanol–water partition coefficient (Wildman–Crippen LogP) is 4.53. The quantitative estimate of drug-likeness (QED) is 0.375. The topological polar surface area (TPSA) is 114 Å². The van der Waals surface area contributed by atoms with Crippen LogP contribution in [0.25, 0.3) is 11.3 Å². The van der Waals surface area contributed by atoms with Gasteiger partial charge in [0.05, 0.1) is 11.6 Å². The molecule has 0 fully saturated rings. The summed E-state index contributed by atoms with van der Waals surface area (Å²) in [5.41, 5.74) is 6.32. The van der Waals surface area contributed by atoms with Crippen LogP contribution in [0.4, 0.5) is 11.5 Å². The number of furan rings is 1. The van der Waals surface area contributed by atoms with Gasteiger partial charge in [-0.3, -0.25) is 24.0 Å². The van der Waals surface area contributed by atoms with Crippen LogP contribution in [0.15, 0.2) is 80.7 Å². The Morgan fingerprint density at radius 3 is 2.49 bits per heavy atom. The van der Waals surface area contributed by atoms with E-state index in [9.17, 15) is 14.4 Å². The van der Waals surface area contributed by atoms with Crippen LogP contribution >= 0.6 is 11.6 Å². The first-order chi connectivity index (χ1) is 16.9. The van der Waals surface area contributed by atoms with Crippen molar-refractivity contribution in [3.63, 3.8) is 0 Å². The first-order valence-corrected chi connectivity index (χ1v) is 11.6. The summed E-state index contributed by atoms with van der Waals surface area (Å²) in [6.07, 6.45) is 1.38. The van der Waals surface area contributed by atoms with Crippen molar-refractivity contribution in [2.24, 2.45) is 0 Å². The van der Waals surface area contributed by atoms with Crippen molar-refractivity contribution in [2.75, 3.05) is 17.2 Å². The summed E-state index contributed by atoms with van der Waals surface area (Å²) < 4.78 is 7.07. The zero-order chi connectivity index (χ0) is 24.9. The van der Waals surface area contributed by atoms with Gasteiger partial charge in [0, 0.05) is 12.1 Å². The van der Waals surface area contributed by atoms with Gasteiger partial charge in [0.2, 0.25) is 0 Å². The van der Waals surface area contributed by atoms with Crippen LogP contribution in [0.2, 0.25) is 5.02 Å². The molecule has 0 saturated carbocycles. The second-order valence-electron chi connectivity index (χ2n) is 8.02. The SMILES string of the molecule is CCCCN(C(=O)c1ccc(-c2ccccc2Cl)o1)c1c(N)n(Cc2ccccc2)c(=O)[nH]c1=O. The Morgan fingerprint density at radius 1 is 1.06 bits per heavy atom. The van der Waals surface area contributed by atoms with Gasteiger partial charge in [0.15, 0.2) is 11.4 Å². The molecule has 0 unspecified atom stereocenters. The Morgan fingerprint density at radius 2 is 1.77 bits per heavy atom. The van der Waals surface area contributed by atoms with E-state index >= 15 is 0 Å². The molecule has 35 heavy (non-hydrogen) atoms. The number of anilines is 2. The van der Waals surface area contributed by atoms with Crippen molar-refractivity contribution in [1.82, 2.24) is 9.55 Å². The molecule has 4 rings (SSSR count). The van der Waals surface area contributed by atoms with Crippen LogP contribution in [0, 0.1) is 0 Å². The fourth-order valence-corrected chi connectivity index (χ4v) is 4.01. The maximum absolute atomic E-state index is 13.5. The Hall–Kier alpha value is -4.04. The highest BCUT2D eigenvalue weighted by Gasteiger charge is 2.27. The number of hydrogen-bond acceptors (Lipinski definition) is 5. The average Bonchev–Trinajstić information content (AvgIpc) is 3.34. The number of halogens is 1. The highest BCUT2D eigenvalue weighted by atomic mass is 35.5. The minimum absolute atomic E-state index is 0.0237. The Labute approximate surface area is 206 Å². The molecule has 0 atom stereocenters. The fourth-order valence-electron chi connectivity index (χ4n) is 3.78. The minimum Gasteiger partial charge on any atom is -0.451 e. The number of aromatic amines is 1. The Kier molecular flexibility index (Phi) is 7.22. The maximum Gasteiger partial charge on any atom is 0.330 e. The van der Waals surface area contributed by atoms with Crippen molar-refractivity contribution >= 4 is 29.0 Å². The van der Waals surface area contributed by atoms with Crippen molar-refractivity contribution in [3.05, 3.63) is 104 Å². The van der Waals surface area contributed by atoms with E-state index in [1.807, 2.05) is 43.3 Å². The molecule has 180 valence electrons. The van der Waals surface area contributed by atoms with Gasteiger partial charge >= 0.3 is 5.69 Å². The first kappa shape index (κ1) is 24.1. The zero-order valence-electron chi connectivity index (χ0n) is 19.2. The number of benzene rings is 2. The van der Waals surface area contributed by atoms with Crippen LogP contribution in [0.5, 0.6) is 0 Å². The number of nitrogens with zero attached hydrogens (tertiary/aromatic N) is 2. The molecular weight excluding hydrogens is 468 g/mol. The summed E-state index contributed by atoms with van der Waals surface area (Å²) in [5.74, 6) is -0.190. The number of carbonyl (C=O) groups excluding carboxylic acids is 1. The molecule has 1 amide bonds. The summed E-state index contributed by atoms with van der Waals surface area (Å²) in [4.78, 5) is 42.6. The molecule has 2 aromatic carbocycles. The third-order valence-electron chi connectivity index (χ3n) is 5.60. The van der Waals surface area contributed by atoms with Gasteiger partial charge in [-0.05, 0) is 36.2 Å². The van der Waals surface area contributed by atoms with Crippen LogP contribution in [-0.4, -0.2) is 22.0 Å². The monoisotopic (exact) mass is 492 g/mol. The average molecular weight is 493 g/mol. The van der Waals surface area contributed by atoms with E-state index in [2.05, 4.69) is 4.98 Å². The molecular formula is C26H25ClN4O4. The molecule has 8 nitrogen and oxygen atoms in total. The van der Waals surface area contributed by atoms with E-state index in [1.165, 1.54) is 15.5 Å². The van der Waals surface area contributed by atoms with Crippen molar-refractivity contribution in [2.45, 2.75) is 26.3 Å². The molecule has 0 radical (unpaired) electrons. The first-order valence-electron chi connectivity index (χ1n) is 11.2. The zero-order valence-corrected chi connectivity index (χ0v) is 19.9. The standard InChI is InChI=1S/C26H25ClN4O4/c1-2-3-15-30(25(33)21-14-13-20(35-21)18-11-7-8-12-19(18)27)22-23(28)31(26(34)29-24(22)32)16-17-9-5-4-6-10-17/h4-14H,2-3,15-16,28H2,1H3,(H,29,32,34). The smallest absolute Gasteiger partial charge is 0.330 e. The number of nitrogens with one attached hydrogen (secondary N) is 1. The van der Waals surface area contributed by atoms with Gasteiger partial charge in [-0.1, -0.05) is 67.4 Å². The second-order valence-corrected chi connectivity index (χ2v) is 8.43. The summed E-state index contributed by atoms with van der Waals surface area (Å²) in [5, 5.41) is 0.484. The van der Waals surface area contributed by atoms with E-state index in [0.717, 1.165) is 12.0 Å². The number of aromatic nitrogens is 2. The molecule has 0 aliphatic heterocycles. The van der Waals surface area contributed by atoms with E-state index in [1.54, 1.807) is 24.3 Å². The third kappa shape index (κ3) is 5.07. The van der Waals surface area contributed by atoms with Gasteiger partial charge in [0.25, 0.3) is 11.5 Å². The van der Waals surface area contributed by atoms with Gasteiger partial charge in [-0.2, -0.15) is 0 Å². The molecule has 0 aliphatic rings. The van der Waals surface area contributed by atoms with Crippen LogP contribution in [0.3, 0.4) is 0 Å². The fraction of sp³-hybridized carbons (Fsp3) is 0.192. The molecule has 0 saturated heterocycles. The Balaban J connectivity index is 1.76. The highest BCUT2D eigenvalue weighted by molar-refractivity contribution is 6.33. The summed E-state index contributed by atoms with van der Waals surface area (Å²) in [7, 11) is 0. The largest absolute Gasteiger partial charge is 0.451 e. The number of carbonyl (C=O) groups is 1. The molecule has 0 aliphatic carbocycles. The number of nitrogens with two attached hydrogens (primary N) is 1. The lowest BCUT2D eigenvalue weighted by Gasteiger charge is -2.23. The molecule has 3 N–H and O–H groups in total. The van der Waals surface area contributed by atoms with E-state index in [0.29, 0.717) is 22.8 Å². The molecule has 0 bridgehead atoms. The Bertz CT molecular complexity index is 1460. The minimum atomic E-state index is -0.737. The number of nitrogen functional groups attached to an aromatic ring is 1. The van der Waals surface area contributed by atoms with Crippen LogP contribution in [0.1, 0.15) is 35.9 Å². The van der Waals surface area contributed by atoms with Crippen LogP contribution in [-0.2, 0) is 6.54 Å². The summed E-state index contributed by atoms with van der Waals surface area (Å²) >= 11 is 6.27. The molecule has 2 heterocycles. The second kappa shape index (κ2) is 10.5. The lowest BCUT2D eigenvalue weighted by molar-refractivity contribution is 0.0960. The number of unbranched alkanes of at least 4 members (excludes halogenated alkanes) is 1. The molecule has 2 aromatic heterocycles. The van der Waals surface area contributed by atoms with Gasteiger partial charge in [-0.25, -0.2) is 4.79 Å². The number of rotatable bonds is 8. The number of hydrogen-bond donors (Lipinski definition) is 2. The maximum atomic E-state index is 13.5. The van der Waals surface area contributed by atoms with E-state index in [-0.39, 0.29) is 30.4 Å².